The summed E-state index contributed by atoms with van der Waals surface area (Å²) in [5, 5.41) is 12.6. The van der Waals surface area contributed by atoms with Gasteiger partial charge >= 0.3 is 12.1 Å². The lowest BCUT2D eigenvalue weighted by Gasteiger charge is -2.12. The molecule has 0 atom stereocenters. The molecule has 0 radical (unpaired) electrons. The van der Waals surface area contributed by atoms with Gasteiger partial charge in [-0.1, -0.05) is 5.16 Å². The van der Waals surface area contributed by atoms with E-state index in [0.717, 1.165) is 12.1 Å². The third-order valence-corrected chi connectivity index (χ3v) is 2.87. The fourth-order valence-electron chi connectivity index (χ4n) is 0.536. The zero-order chi connectivity index (χ0) is 13.3. The summed E-state index contributed by atoms with van der Waals surface area (Å²) in [4.78, 5) is 26.1. The second-order valence-corrected chi connectivity index (χ2v) is 4.82. The molecule has 1 amide bonds. The van der Waals surface area contributed by atoms with E-state index in [2.05, 4.69) is 14.7 Å². The summed E-state index contributed by atoms with van der Waals surface area (Å²) < 4.78 is 3.89. The van der Waals surface area contributed by atoms with E-state index in [1.54, 1.807) is 6.92 Å². The maximum Gasteiger partial charge on any atom is 0.446 e. The summed E-state index contributed by atoms with van der Waals surface area (Å²) in [6, 6.07) is 0. The minimum absolute atomic E-state index is 0.0143. The molecular formula is C8H15N3O4S2. The van der Waals surface area contributed by atoms with Crippen LogP contribution in [-0.4, -0.2) is 46.4 Å². The molecule has 0 saturated carbocycles. The van der Waals surface area contributed by atoms with Crippen molar-refractivity contribution in [2.24, 2.45) is 5.16 Å². The van der Waals surface area contributed by atoms with E-state index in [1.165, 1.54) is 23.1 Å². The smallest absolute Gasteiger partial charge is 0.446 e. The Morgan fingerprint density at radius 1 is 1.53 bits per heavy atom. The average molecular weight is 281 g/mol. The molecular weight excluding hydrogens is 266 g/mol. The molecule has 98 valence electrons. The molecule has 0 unspecified atom stereocenters. The molecule has 7 nitrogen and oxygen atoms in total. The van der Waals surface area contributed by atoms with Crippen LogP contribution in [0.1, 0.15) is 13.3 Å². The fourth-order valence-corrected chi connectivity index (χ4v) is 1.14. The molecule has 0 spiro atoms. The van der Waals surface area contributed by atoms with E-state index in [-0.39, 0.29) is 13.0 Å². The van der Waals surface area contributed by atoms with Crippen LogP contribution in [0.3, 0.4) is 0 Å². The van der Waals surface area contributed by atoms with E-state index >= 15 is 0 Å². The van der Waals surface area contributed by atoms with E-state index < -0.39 is 12.1 Å². The maximum absolute atomic E-state index is 11.3. The van der Waals surface area contributed by atoms with Crippen LogP contribution in [0.25, 0.3) is 0 Å². The number of nitrogens with one attached hydrogen (secondary N) is 1. The number of carbonyl (C=O) groups excluding carboxylic acids is 1. The van der Waals surface area contributed by atoms with Crippen LogP contribution in [0.2, 0.25) is 0 Å². The number of amides is 1. The number of rotatable bonds is 6. The molecule has 17 heavy (non-hydrogen) atoms. The molecule has 9 heteroatoms. The van der Waals surface area contributed by atoms with Crippen LogP contribution in [0.5, 0.6) is 0 Å². The molecule has 0 heterocycles. The Kier molecular flexibility index (Phi) is 8.64. The molecule has 0 saturated heterocycles. The Morgan fingerprint density at radius 2 is 2.18 bits per heavy atom. The maximum atomic E-state index is 11.3. The molecule has 0 rings (SSSR count). The van der Waals surface area contributed by atoms with E-state index in [0.29, 0.717) is 5.04 Å². The molecule has 0 aromatic rings. The Labute approximate surface area is 108 Å². The highest BCUT2D eigenvalue weighted by Gasteiger charge is 2.11. The fraction of sp³-hybridized carbons (Fsp3) is 0.625. The van der Waals surface area contributed by atoms with Gasteiger partial charge in [-0.25, -0.2) is 13.8 Å². The standard InChI is InChI=1S/C8H15N3O4S2/c1-6(16-3)10-15-8(14)11(2)17-9-5-4-7(12)13/h9H,4-5H2,1-3H3,(H,12,13). The summed E-state index contributed by atoms with van der Waals surface area (Å²) >= 11 is 2.32. The summed E-state index contributed by atoms with van der Waals surface area (Å²) in [5.41, 5.74) is 0. The van der Waals surface area contributed by atoms with Gasteiger partial charge in [-0.2, -0.15) is 0 Å². The lowest BCUT2D eigenvalue weighted by Crippen LogP contribution is -2.24. The minimum atomic E-state index is -0.900. The van der Waals surface area contributed by atoms with Crippen molar-refractivity contribution in [2.75, 3.05) is 19.8 Å². The number of oxime groups is 1. The van der Waals surface area contributed by atoms with Gasteiger partial charge in [0.1, 0.15) is 5.04 Å². The topological polar surface area (TPSA) is 91.2 Å². The predicted molar refractivity (Wildman–Crippen MR) is 68.7 cm³/mol. The third kappa shape index (κ3) is 8.83. The highest BCUT2D eigenvalue weighted by molar-refractivity contribution is 8.13. The molecule has 0 bridgehead atoms. The molecule has 0 aliphatic rings. The number of carbonyl (C=O) groups is 2. The highest BCUT2D eigenvalue weighted by Crippen LogP contribution is 2.05. The number of thioether (sulfide) groups is 1. The second-order valence-electron chi connectivity index (χ2n) is 2.80. The van der Waals surface area contributed by atoms with Gasteiger partial charge in [0.15, 0.2) is 0 Å². The van der Waals surface area contributed by atoms with Crippen molar-refractivity contribution >= 4 is 41.0 Å². The van der Waals surface area contributed by atoms with Gasteiger partial charge in [-0.3, -0.25) is 9.63 Å². The third-order valence-electron chi connectivity index (χ3n) is 1.45. The Balaban J connectivity index is 3.78. The van der Waals surface area contributed by atoms with Gasteiger partial charge in [0, 0.05) is 25.7 Å². The predicted octanol–water partition coefficient (Wildman–Crippen LogP) is 1.38. The molecule has 0 fully saturated rings. The van der Waals surface area contributed by atoms with E-state index in [1.807, 2.05) is 6.26 Å². The Hall–Kier alpha value is -0.930. The van der Waals surface area contributed by atoms with Crippen molar-refractivity contribution in [1.29, 1.82) is 0 Å². The molecule has 2 N–H and O–H groups in total. The van der Waals surface area contributed by atoms with Crippen molar-refractivity contribution in [3.05, 3.63) is 0 Å². The van der Waals surface area contributed by atoms with Crippen LogP contribution in [0.15, 0.2) is 5.16 Å². The zero-order valence-corrected chi connectivity index (χ0v) is 11.4. The number of hydrogen-bond donors (Lipinski definition) is 2. The monoisotopic (exact) mass is 281 g/mol. The number of hydrogen-bond acceptors (Lipinski definition) is 7. The van der Waals surface area contributed by atoms with E-state index in [9.17, 15) is 9.59 Å². The summed E-state index contributed by atoms with van der Waals surface area (Å²) in [7, 11) is 1.49. The van der Waals surface area contributed by atoms with Crippen molar-refractivity contribution in [3.8, 4) is 0 Å². The number of carboxylic acid groups (broad SMARTS) is 1. The van der Waals surface area contributed by atoms with Gasteiger partial charge in [-0.05, 0) is 13.2 Å². The lowest BCUT2D eigenvalue weighted by atomic mass is 10.5. The second kappa shape index (κ2) is 9.14. The molecule has 0 aliphatic heterocycles. The quantitative estimate of drug-likeness (QED) is 0.190. The van der Waals surface area contributed by atoms with Gasteiger partial charge in [-0.15, -0.1) is 11.8 Å². The number of nitrogens with zero attached hydrogens (tertiary/aromatic N) is 2. The van der Waals surface area contributed by atoms with Crippen LogP contribution >= 0.6 is 23.9 Å². The first-order chi connectivity index (χ1) is 7.97. The normalized spacial score (nSPS) is 11.1. The summed E-state index contributed by atoms with van der Waals surface area (Å²) in [5.74, 6) is -0.900. The first-order valence-corrected chi connectivity index (χ1v) is 6.62. The highest BCUT2D eigenvalue weighted by atomic mass is 32.2. The van der Waals surface area contributed by atoms with Crippen LogP contribution in [0.4, 0.5) is 4.79 Å². The van der Waals surface area contributed by atoms with Gasteiger partial charge in [0.2, 0.25) is 0 Å². The Bertz CT molecular complexity index is 298. The van der Waals surface area contributed by atoms with E-state index in [4.69, 9.17) is 5.11 Å². The van der Waals surface area contributed by atoms with Crippen molar-refractivity contribution in [1.82, 2.24) is 9.03 Å². The summed E-state index contributed by atoms with van der Waals surface area (Å²) in [6.45, 7) is 1.97. The minimum Gasteiger partial charge on any atom is -0.481 e. The summed E-state index contributed by atoms with van der Waals surface area (Å²) in [6.07, 6.45) is 1.17. The van der Waals surface area contributed by atoms with Crippen LogP contribution in [-0.2, 0) is 9.63 Å². The first kappa shape index (κ1) is 16.1. The molecule has 0 aromatic heterocycles. The molecule has 0 aliphatic carbocycles. The van der Waals surface area contributed by atoms with Crippen molar-refractivity contribution in [2.45, 2.75) is 13.3 Å². The van der Waals surface area contributed by atoms with Gasteiger partial charge in [0.05, 0.1) is 6.42 Å². The number of aliphatic carboxylic acids is 1. The zero-order valence-electron chi connectivity index (χ0n) is 9.80. The van der Waals surface area contributed by atoms with Crippen molar-refractivity contribution in [3.63, 3.8) is 0 Å². The van der Waals surface area contributed by atoms with Crippen LogP contribution < -0.4 is 4.72 Å². The van der Waals surface area contributed by atoms with Gasteiger partial charge < -0.3 is 5.11 Å². The average Bonchev–Trinajstić information content (AvgIpc) is 2.30. The number of carboxylic acids is 1. The Morgan fingerprint density at radius 3 is 2.71 bits per heavy atom. The lowest BCUT2D eigenvalue weighted by molar-refractivity contribution is -0.136. The van der Waals surface area contributed by atoms with Crippen LogP contribution in [0, 0.1) is 0 Å². The van der Waals surface area contributed by atoms with Gasteiger partial charge in [0.25, 0.3) is 0 Å². The molecule has 0 aromatic carbocycles. The first-order valence-electron chi connectivity index (χ1n) is 4.62. The SMILES string of the molecule is CSC(C)=NOC(=O)N(C)SNCCC(=O)O. The van der Waals surface area contributed by atoms with Crippen molar-refractivity contribution < 1.29 is 19.5 Å². The largest absolute Gasteiger partial charge is 0.481 e.